The number of rotatable bonds is 35. The Balaban J connectivity index is 0.000000406. The van der Waals surface area contributed by atoms with Gasteiger partial charge in [-0.3, -0.25) is 0 Å². The summed E-state index contributed by atoms with van der Waals surface area (Å²) in [6.07, 6.45) is 24.3. The van der Waals surface area contributed by atoms with Gasteiger partial charge in [0, 0.05) is 189 Å². The zero-order chi connectivity index (χ0) is 86.9. The number of aryl methyl sites for hydroxylation is 5. The molecule has 126 heavy (non-hydrogen) atoms. The first-order valence-corrected chi connectivity index (χ1v) is 42.9. The van der Waals surface area contributed by atoms with Crippen LogP contribution in [0.5, 0.6) is 69.0 Å². The molecule has 15 nitrogen and oxygen atoms in total. The average Bonchev–Trinajstić information content (AvgIpc) is 0.827. The van der Waals surface area contributed by atoms with Crippen LogP contribution in [0.1, 0.15) is 202 Å². The number of ether oxygens (including phenoxy) is 10. The summed E-state index contributed by atoms with van der Waals surface area (Å²) < 4.78 is 59.1. The molecule has 20 heteroatoms. The van der Waals surface area contributed by atoms with E-state index in [9.17, 15) is 0 Å². The summed E-state index contributed by atoms with van der Waals surface area (Å²) in [4.78, 5) is 22.3. The Labute approximate surface area is 820 Å². The van der Waals surface area contributed by atoms with Crippen LogP contribution in [0.15, 0.2) is 213 Å². The van der Waals surface area contributed by atoms with Crippen molar-refractivity contribution in [3.05, 3.63) is 271 Å². The number of pyridine rings is 5. The Hall–Kier alpha value is -8.46. The first-order valence-electron chi connectivity index (χ1n) is 42.9. The van der Waals surface area contributed by atoms with Gasteiger partial charge in [0.25, 0.3) is 0 Å². The summed E-state index contributed by atoms with van der Waals surface area (Å²) in [7, 11) is 0. The van der Waals surface area contributed by atoms with E-state index >= 15 is 0 Å². The summed E-state index contributed by atoms with van der Waals surface area (Å²) in [5.74, 6) is 8.98. The van der Waals surface area contributed by atoms with Crippen LogP contribution < -0.4 is 47.4 Å². The Kier molecular flexibility index (Phi) is 52.9. The van der Waals surface area contributed by atoms with Crippen molar-refractivity contribution in [2.75, 3.05) is 26.4 Å². The van der Waals surface area contributed by atoms with E-state index in [1.165, 1.54) is 69.8 Å². The Morgan fingerprint density at radius 1 is 0.286 bits per heavy atom. The van der Waals surface area contributed by atoms with Gasteiger partial charge >= 0.3 is 0 Å². The van der Waals surface area contributed by atoms with Gasteiger partial charge < -0.3 is 72.3 Å². The Morgan fingerprint density at radius 2 is 0.603 bits per heavy atom. The molecule has 0 fully saturated rings. The quantitative estimate of drug-likeness (QED) is 0.0273. The maximum atomic E-state index is 6.20. The van der Waals surface area contributed by atoms with E-state index in [4.69, 9.17) is 47.4 Å². The van der Waals surface area contributed by atoms with Gasteiger partial charge in [-0.1, -0.05) is 231 Å². The van der Waals surface area contributed by atoms with E-state index in [1.807, 2.05) is 293 Å². The second-order valence-corrected chi connectivity index (χ2v) is 32.2. The minimum absolute atomic E-state index is 0. The fourth-order valence-corrected chi connectivity index (χ4v) is 12.4. The zero-order valence-corrected chi connectivity index (χ0v) is 88.6. The second-order valence-electron chi connectivity index (χ2n) is 32.2. The fourth-order valence-electron chi connectivity index (χ4n) is 12.4. The predicted molar refractivity (Wildman–Crippen MR) is 492 cm³/mol. The third kappa shape index (κ3) is 40.9. The molecule has 0 unspecified atom stereocenters. The molecule has 0 aliphatic carbocycles. The van der Waals surface area contributed by atoms with Crippen LogP contribution in [0, 0.1) is 65.0 Å². The topological polar surface area (TPSA) is 157 Å². The molecule has 0 N–H and O–H groups in total. The number of hydrogen-bond donors (Lipinski definition) is 0. The summed E-state index contributed by atoms with van der Waals surface area (Å²) in [5.41, 5.74) is 13.8. The van der Waals surface area contributed by atoms with Crippen molar-refractivity contribution in [2.24, 2.45) is 0 Å². The predicted octanol–water partition coefficient (Wildman–Crippen LogP) is 28.1. The van der Waals surface area contributed by atoms with Crippen LogP contribution in [0.2, 0.25) is 0 Å². The molecule has 0 saturated carbocycles. The molecule has 0 amide bonds. The van der Waals surface area contributed by atoms with Crippen LogP contribution in [0.25, 0.3) is 56.3 Å². The Morgan fingerprint density at radius 3 is 1.00 bits per heavy atom. The molecular weight excluding hydrogens is 2460 g/mol. The average molecular weight is 2590 g/mol. The van der Waals surface area contributed by atoms with E-state index < -0.39 is 0 Å². The van der Waals surface area contributed by atoms with Gasteiger partial charge in [-0.15, -0.1) is 60.7 Å². The number of benzene rings is 7. The molecule has 0 aliphatic rings. The number of unbranched alkanes of at least 4 members (excludes halogenated alkanes) is 10. The van der Waals surface area contributed by atoms with Gasteiger partial charge in [0.2, 0.25) is 0 Å². The molecule has 0 atom stereocenters. The molecule has 0 spiro atoms. The van der Waals surface area contributed by atoms with Gasteiger partial charge in [-0.05, 0) is 214 Å². The third-order valence-electron chi connectivity index (χ3n) is 17.9. The number of aromatic nitrogens is 5. The SMILES string of the molecule is CCCCCCCCOc1c[c-]c(-c2cc(C)ccn2)c(OCCCCCCCC)c1.CCOc1c[c-]c(-c2cc(C)ccn2)c(OCC)c1.Cc1ccnc(-c2[c-]cc(OC(C)(C)C)cc2OC(C)(C)C)c1.Cc1ccnc(-c2[c-]cc(OC(C)C)cc2OC(C)C)c1.Cc1ccnc(-c2[c-]cc(Oc3ccccc3)cc2Oc2ccccc2)c1.[Ir].[Ir].[Ir].[Ir].[Ir]. The minimum Gasteiger partial charge on any atom is -0.537 e. The van der Waals surface area contributed by atoms with Gasteiger partial charge in [0.15, 0.2) is 0 Å². The molecule has 0 bridgehead atoms. The van der Waals surface area contributed by atoms with Crippen LogP contribution >= 0.6 is 0 Å². The van der Waals surface area contributed by atoms with Crippen molar-refractivity contribution in [2.45, 2.75) is 232 Å². The second kappa shape index (κ2) is 59.6. The van der Waals surface area contributed by atoms with E-state index in [1.54, 1.807) is 24.8 Å². The normalized spacial score (nSPS) is 10.5. The van der Waals surface area contributed by atoms with Crippen LogP contribution in [0.3, 0.4) is 0 Å². The number of hydrogen-bond acceptors (Lipinski definition) is 15. The standard InChI is InChI=1S/C28H42NO2.C24H18NO2.C20H26NO2.C18H22NO2.C16H18NO2.5Ir/c1-4-6-8-10-12-14-20-30-25-16-17-26(27-22-24(3)18-19-29-27)28(23-25)31-21-15-13-11-9-7-5-2;1-18-14-15-25-23(16-18)22-13-12-21(26-19-8-4-2-5-9-19)17-24(22)27-20-10-6-3-7-11-20;1-14-10-11-21-17(12-14)16-9-8-15(22-19(2,3)4)13-18(16)23-20(5,6)7;1-12(2)20-15-6-7-16(18(11-15)21-13(3)4)17-10-14(5)8-9-19-17;1-4-18-13-6-7-14(16(11-13)19-5-2)15-10-12(3)8-9-17-15;;;;;/h16,18-19,22-23H,4-15,20-21H2,1-3H3;2-12,14-17H,1H3;8,10-13H,1-7H3;6,8-13H,1-5H3;6,8-11H,4-5H2,1-3H3;;;;;/q5*-1;;;;;. The molecule has 12 aromatic rings. The number of para-hydroxylation sites is 2. The molecular formula is C106H126Ir5N5O10-5. The van der Waals surface area contributed by atoms with Crippen molar-refractivity contribution >= 4 is 0 Å². The number of nitrogens with zero attached hydrogens (tertiary/aromatic N) is 5. The Bertz CT molecular complexity index is 5070. The van der Waals surface area contributed by atoms with E-state index in [0.717, 1.165) is 162 Å². The largest absolute Gasteiger partial charge is 0.537 e. The van der Waals surface area contributed by atoms with Gasteiger partial charge in [-0.25, -0.2) is 0 Å². The fraction of sp³-hybridized carbons (Fsp3) is 0.368. The van der Waals surface area contributed by atoms with Crippen molar-refractivity contribution in [3.63, 3.8) is 0 Å². The summed E-state index contributed by atoms with van der Waals surface area (Å²) >= 11 is 0. The maximum Gasteiger partial charge on any atom is 0.114 e. The van der Waals surface area contributed by atoms with Gasteiger partial charge in [0.05, 0.1) is 49.8 Å². The van der Waals surface area contributed by atoms with Crippen molar-refractivity contribution < 1.29 is 148 Å². The first kappa shape index (κ1) is 112. The smallest absolute Gasteiger partial charge is 0.114 e. The molecule has 7 aromatic carbocycles. The molecule has 5 aromatic heterocycles. The maximum absolute atomic E-state index is 6.20. The molecule has 12 rings (SSSR count). The van der Waals surface area contributed by atoms with Crippen LogP contribution in [-0.2, 0) is 101 Å². The zero-order valence-electron chi connectivity index (χ0n) is 76.7. The molecule has 5 radical (unpaired) electrons. The molecule has 5 heterocycles. The van der Waals surface area contributed by atoms with Crippen molar-refractivity contribution in [3.8, 4) is 125 Å². The van der Waals surface area contributed by atoms with E-state index in [2.05, 4.69) is 82.1 Å². The molecule has 685 valence electrons. The van der Waals surface area contributed by atoms with E-state index in [-0.39, 0.29) is 124 Å². The first-order chi connectivity index (χ1) is 58.2. The van der Waals surface area contributed by atoms with Crippen LogP contribution in [-0.4, -0.2) is 74.8 Å². The van der Waals surface area contributed by atoms with Crippen molar-refractivity contribution in [1.82, 2.24) is 24.9 Å². The van der Waals surface area contributed by atoms with E-state index in [0.29, 0.717) is 24.7 Å². The summed E-state index contributed by atoms with van der Waals surface area (Å²) in [5, 5.41) is 0. The van der Waals surface area contributed by atoms with Crippen LogP contribution in [0.4, 0.5) is 0 Å². The van der Waals surface area contributed by atoms with Gasteiger partial charge in [-0.2, -0.15) is 0 Å². The summed E-state index contributed by atoms with van der Waals surface area (Å²) in [6.45, 7) is 41.5. The summed E-state index contributed by atoms with van der Waals surface area (Å²) in [6, 6.07) is 74.6. The van der Waals surface area contributed by atoms with Gasteiger partial charge in [0.1, 0.15) is 11.5 Å². The monoisotopic (exact) mass is 2590 g/mol. The van der Waals surface area contributed by atoms with Crippen molar-refractivity contribution in [1.29, 1.82) is 0 Å². The third-order valence-corrected chi connectivity index (χ3v) is 17.9. The molecule has 0 saturated heterocycles. The minimum atomic E-state index is -0.313. The molecule has 0 aliphatic heterocycles.